The van der Waals surface area contributed by atoms with E-state index in [9.17, 15) is 0 Å². The molecular formula is C45H39B2N7OPt. The van der Waals surface area contributed by atoms with Crippen LogP contribution in [-0.4, -0.2) is 54.1 Å². The average Bonchev–Trinajstić information content (AvgIpc) is 3.86. The number of fused-ring (bicyclic) bond motifs is 7. The summed E-state index contributed by atoms with van der Waals surface area (Å²) in [6.45, 7) is 8.80. The van der Waals surface area contributed by atoms with Crippen LogP contribution in [0.4, 0.5) is 17.1 Å². The summed E-state index contributed by atoms with van der Waals surface area (Å²) in [5.74, 6) is 2.89. The fraction of sp³-hybridized carbons (Fsp3) is 0.156. The summed E-state index contributed by atoms with van der Waals surface area (Å²) in [6, 6.07) is 39.1. The van der Waals surface area contributed by atoms with Crippen LogP contribution in [0.5, 0.6) is 11.5 Å². The van der Waals surface area contributed by atoms with Crippen molar-refractivity contribution in [2.45, 2.75) is 27.7 Å². The Labute approximate surface area is 342 Å². The van der Waals surface area contributed by atoms with E-state index in [4.69, 9.17) is 14.7 Å². The van der Waals surface area contributed by atoms with Gasteiger partial charge in [0.25, 0.3) is 0 Å². The number of hydrogen-bond donors (Lipinski definition) is 0. The Morgan fingerprint density at radius 1 is 0.607 bits per heavy atom. The number of para-hydroxylation sites is 1. The van der Waals surface area contributed by atoms with E-state index in [2.05, 4.69) is 170 Å². The summed E-state index contributed by atoms with van der Waals surface area (Å²) in [6.07, 6.45) is 5.93. The number of nitrogens with zero attached hydrogens (tertiary/aromatic N) is 7. The van der Waals surface area contributed by atoms with Gasteiger partial charge in [0, 0.05) is 41.3 Å². The van der Waals surface area contributed by atoms with Crippen molar-refractivity contribution in [2.75, 3.05) is 35.6 Å². The standard InChI is InChI=1S/C45H39B2N7O.Pt/c1-28-12-10-13-29(2)43(28)46-51(6)40-26-42(49-27-41(40)52(46)7)54-38-17-9-8-16-34(38)35-20-18-33(25-39(35)54)55-32-19-21-37-36(24-32)45-48-22-23-53(45)47(50(37)5)44-30(3)14-11-15-31(44)4;/h8-23,26-27H,1-7H3;/q-2;+2. The number of hydrogen-bond acceptors (Lipinski definition) is 6. The first kappa shape index (κ1) is 35.9. The molecule has 276 valence electrons. The number of aromatic nitrogens is 4. The van der Waals surface area contributed by atoms with Crippen molar-refractivity contribution in [1.82, 2.24) is 19.0 Å². The molecule has 0 saturated heterocycles. The molecule has 0 aliphatic carbocycles. The molecule has 0 fully saturated rings. The SMILES string of the molecule is Cc1cccc(C)c1B1N(C)c2cnc(-n3c4[c-]c(Oc5[c-]c6c(cc5)N(C)B(c5c(C)cccc5C)n5ccnc5-6)ccc4c4ccccc43)cc2N1C.[Pt+2]. The number of pyridine rings is 1. The summed E-state index contributed by atoms with van der Waals surface area (Å²) >= 11 is 0. The van der Waals surface area contributed by atoms with Crippen LogP contribution in [0.15, 0.2) is 110 Å². The maximum Gasteiger partial charge on any atom is 2.00 e. The van der Waals surface area contributed by atoms with Gasteiger partial charge in [0.05, 0.1) is 17.6 Å². The Morgan fingerprint density at radius 2 is 1.23 bits per heavy atom. The molecule has 10 rings (SSSR count). The normalized spacial score (nSPS) is 13.3. The van der Waals surface area contributed by atoms with Crippen molar-refractivity contribution in [3.63, 3.8) is 0 Å². The zero-order chi connectivity index (χ0) is 37.7. The van der Waals surface area contributed by atoms with Crippen LogP contribution in [0.2, 0.25) is 0 Å². The third kappa shape index (κ3) is 5.33. The molecule has 0 saturated carbocycles. The molecule has 5 heterocycles. The molecule has 0 spiro atoms. The summed E-state index contributed by atoms with van der Waals surface area (Å²) in [7, 11) is 6.47. The summed E-state index contributed by atoms with van der Waals surface area (Å²) in [5, 5.41) is 2.22. The minimum Gasteiger partial charge on any atom is -0.503 e. The number of ether oxygens (including phenoxy) is 1. The molecule has 0 amide bonds. The molecule has 11 heteroatoms. The Balaban J connectivity index is 0.00000410. The second kappa shape index (κ2) is 13.5. The van der Waals surface area contributed by atoms with Gasteiger partial charge in [0.2, 0.25) is 0 Å². The number of benzene rings is 5. The number of aryl methyl sites for hydroxylation is 4. The van der Waals surface area contributed by atoms with Crippen molar-refractivity contribution in [1.29, 1.82) is 0 Å². The fourth-order valence-electron chi connectivity index (χ4n) is 9.12. The predicted octanol–water partition coefficient (Wildman–Crippen LogP) is 7.64. The van der Waals surface area contributed by atoms with Gasteiger partial charge in [-0.2, -0.15) is 6.07 Å². The van der Waals surface area contributed by atoms with E-state index >= 15 is 0 Å². The van der Waals surface area contributed by atoms with E-state index in [1.807, 2.05) is 24.5 Å². The van der Waals surface area contributed by atoms with Gasteiger partial charge in [-0.3, -0.25) is 4.98 Å². The second-order valence-corrected chi connectivity index (χ2v) is 15.0. The average molecular weight is 911 g/mol. The molecule has 0 bridgehead atoms. The van der Waals surface area contributed by atoms with Gasteiger partial charge >= 0.3 is 35.0 Å². The zero-order valence-electron chi connectivity index (χ0n) is 32.4. The van der Waals surface area contributed by atoms with E-state index in [1.165, 1.54) is 33.2 Å². The van der Waals surface area contributed by atoms with Crippen LogP contribution in [-0.2, 0) is 21.1 Å². The first-order valence-corrected chi connectivity index (χ1v) is 18.7. The van der Waals surface area contributed by atoms with E-state index in [0.29, 0.717) is 11.5 Å². The van der Waals surface area contributed by atoms with Crippen LogP contribution in [0.1, 0.15) is 22.3 Å². The molecule has 2 aliphatic heterocycles. The first-order valence-electron chi connectivity index (χ1n) is 18.7. The van der Waals surface area contributed by atoms with E-state index in [1.54, 1.807) is 0 Å². The second-order valence-electron chi connectivity index (χ2n) is 15.0. The summed E-state index contributed by atoms with van der Waals surface area (Å²) < 4.78 is 11.0. The predicted molar refractivity (Wildman–Crippen MR) is 227 cm³/mol. The van der Waals surface area contributed by atoms with Gasteiger partial charge in [0.15, 0.2) is 0 Å². The first-order chi connectivity index (χ1) is 26.7. The van der Waals surface area contributed by atoms with Gasteiger partial charge < -0.3 is 28.2 Å². The Morgan fingerprint density at radius 3 is 1.96 bits per heavy atom. The third-order valence-electron chi connectivity index (χ3n) is 11.7. The van der Waals surface area contributed by atoms with Gasteiger partial charge in [-0.1, -0.05) is 106 Å². The maximum absolute atomic E-state index is 6.59. The minimum atomic E-state index is -0.0190. The fourth-order valence-corrected chi connectivity index (χ4v) is 9.12. The molecule has 0 N–H and O–H groups in total. The Kier molecular flexibility index (Phi) is 8.66. The third-order valence-corrected chi connectivity index (χ3v) is 11.7. The number of rotatable bonds is 5. The molecule has 0 unspecified atom stereocenters. The van der Waals surface area contributed by atoms with Crippen molar-refractivity contribution in [3.8, 4) is 28.7 Å². The van der Waals surface area contributed by atoms with Gasteiger partial charge in [-0.25, -0.2) is 4.98 Å². The largest absolute Gasteiger partial charge is 2.00 e. The maximum atomic E-state index is 6.59. The van der Waals surface area contributed by atoms with Crippen molar-refractivity contribution in [2.24, 2.45) is 0 Å². The van der Waals surface area contributed by atoms with Crippen LogP contribution in [0, 0.1) is 39.8 Å². The van der Waals surface area contributed by atoms with Gasteiger partial charge in [-0.05, 0) is 71.2 Å². The molecule has 5 aromatic carbocycles. The monoisotopic (exact) mass is 910 g/mol. The van der Waals surface area contributed by atoms with Crippen LogP contribution in [0.25, 0.3) is 39.0 Å². The number of anilines is 3. The van der Waals surface area contributed by atoms with Gasteiger partial charge in [-0.15, -0.1) is 23.6 Å². The Bertz CT molecular complexity index is 2810. The molecule has 3 aromatic heterocycles. The van der Waals surface area contributed by atoms with Crippen LogP contribution in [0.3, 0.4) is 0 Å². The molecule has 8 aromatic rings. The van der Waals surface area contributed by atoms with Crippen LogP contribution >= 0.6 is 0 Å². The van der Waals surface area contributed by atoms with Crippen molar-refractivity contribution >= 4 is 63.8 Å². The quantitative estimate of drug-likeness (QED) is 0.131. The molecule has 0 radical (unpaired) electrons. The smallest absolute Gasteiger partial charge is 0.503 e. The zero-order valence-corrected chi connectivity index (χ0v) is 34.7. The number of imidazole rings is 1. The van der Waals surface area contributed by atoms with Crippen molar-refractivity contribution < 1.29 is 25.8 Å². The topological polar surface area (TPSA) is 54.6 Å². The summed E-state index contributed by atoms with van der Waals surface area (Å²) in [4.78, 5) is 16.9. The Hall–Kier alpha value is -5.72. The van der Waals surface area contributed by atoms with Crippen LogP contribution < -0.4 is 30.1 Å². The molecular weight excluding hydrogens is 871 g/mol. The molecule has 56 heavy (non-hydrogen) atoms. The van der Waals surface area contributed by atoms with Gasteiger partial charge in [0.1, 0.15) is 5.82 Å². The molecule has 2 aliphatic rings. The molecule has 8 nitrogen and oxygen atoms in total. The van der Waals surface area contributed by atoms with E-state index < -0.39 is 0 Å². The molecule has 0 atom stereocenters. The van der Waals surface area contributed by atoms with Crippen molar-refractivity contribution in [3.05, 3.63) is 144 Å². The summed E-state index contributed by atoms with van der Waals surface area (Å²) in [5.41, 5.74) is 13.8. The minimum absolute atomic E-state index is 0. The van der Waals surface area contributed by atoms with E-state index in [-0.39, 0.29) is 35.0 Å². The van der Waals surface area contributed by atoms with E-state index in [0.717, 1.165) is 56.1 Å².